The van der Waals surface area contributed by atoms with Gasteiger partial charge in [-0.25, -0.2) is 4.98 Å². The minimum absolute atomic E-state index is 0.00248. The van der Waals surface area contributed by atoms with E-state index in [9.17, 15) is 4.79 Å². The fraction of sp³-hybridized carbons (Fsp3) is 0.444. The lowest BCUT2D eigenvalue weighted by Gasteiger charge is -2.38. The Labute approximate surface area is 146 Å². The quantitative estimate of drug-likeness (QED) is 0.918. The van der Waals surface area contributed by atoms with Gasteiger partial charge in [0.25, 0.3) is 5.91 Å². The van der Waals surface area contributed by atoms with Gasteiger partial charge in [0.15, 0.2) is 0 Å². The fourth-order valence-corrected chi connectivity index (χ4v) is 3.64. The number of ether oxygens (including phenoxy) is 1. The number of hydrogen-bond acceptors (Lipinski definition) is 6. The number of anilines is 1. The van der Waals surface area contributed by atoms with Crippen LogP contribution in [0.5, 0.6) is 0 Å². The van der Waals surface area contributed by atoms with Gasteiger partial charge < -0.3 is 15.0 Å². The molecule has 130 valence electrons. The molecule has 1 amide bonds. The van der Waals surface area contributed by atoms with E-state index in [1.165, 1.54) is 0 Å². The largest absolute Gasteiger partial charge is 0.373 e. The standard InChI is InChI=1S/C18H21N5O2/c24-17(15-3-1-2-6-20-15)23-9-4-18(5-10-23)11-14(13-25-18)22-16-12-19-7-8-21-16/h1-3,6-8,12,14H,4-5,9-11,13H2,(H,21,22)/t14-/m1/s1. The van der Waals surface area contributed by atoms with E-state index in [0.717, 1.165) is 25.1 Å². The third-order valence-electron chi connectivity index (χ3n) is 4.97. The van der Waals surface area contributed by atoms with Gasteiger partial charge in [0.2, 0.25) is 0 Å². The lowest BCUT2D eigenvalue weighted by atomic mass is 9.87. The molecule has 4 heterocycles. The van der Waals surface area contributed by atoms with Crippen LogP contribution in [0.1, 0.15) is 29.8 Å². The van der Waals surface area contributed by atoms with E-state index in [1.807, 2.05) is 17.0 Å². The van der Waals surface area contributed by atoms with E-state index in [4.69, 9.17) is 4.74 Å². The van der Waals surface area contributed by atoms with Crippen molar-refractivity contribution in [3.05, 3.63) is 48.7 Å². The third kappa shape index (κ3) is 3.46. The van der Waals surface area contributed by atoms with Crippen LogP contribution in [0.15, 0.2) is 43.0 Å². The Morgan fingerprint density at radius 2 is 2.08 bits per heavy atom. The second kappa shape index (κ2) is 6.76. The smallest absolute Gasteiger partial charge is 0.272 e. The monoisotopic (exact) mass is 339 g/mol. The number of rotatable bonds is 3. The first kappa shape index (κ1) is 16.0. The van der Waals surface area contributed by atoms with E-state index in [-0.39, 0.29) is 17.6 Å². The first-order valence-electron chi connectivity index (χ1n) is 8.61. The molecule has 2 saturated heterocycles. The Hall–Kier alpha value is -2.54. The van der Waals surface area contributed by atoms with Crippen molar-refractivity contribution in [2.45, 2.75) is 30.9 Å². The van der Waals surface area contributed by atoms with Crippen LogP contribution >= 0.6 is 0 Å². The molecule has 7 nitrogen and oxygen atoms in total. The van der Waals surface area contributed by atoms with Crippen molar-refractivity contribution in [2.24, 2.45) is 0 Å². The van der Waals surface area contributed by atoms with Crippen LogP contribution in [0.2, 0.25) is 0 Å². The zero-order valence-corrected chi connectivity index (χ0v) is 14.0. The summed E-state index contributed by atoms with van der Waals surface area (Å²) in [7, 11) is 0. The molecule has 0 radical (unpaired) electrons. The van der Waals surface area contributed by atoms with Crippen LogP contribution in [-0.4, -0.2) is 57.1 Å². The van der Waals surface area contributed by atoms with Gasteiger partial charge >= 0.3 is 0 Å². The van der Waals surface area contributed by atoms with Gasteiger partial charge in [-0.2, -0.15) is 0 Å². The van der Waals surface area contributed by atoms with Crippen LogP contribution in [-0.2, 0) is 4.74 Å². The second-order valence-electron chi connectivity index (χ2n) is 6.64. The molecule has 0 aromatic carbocycles. The van der Waals surface area contributed by atoms with Gasteiger partial charge in [-0.05, 0) is 31.4 Å². The summed E-state index contributed by atoms with van der Waals surface area (Å²) in [6, 6.07) is 5.65. The number of nitrogens with one attached hydrogen (secondary N) is 1. The maximum Gasteiger partial charge on any atom is 0.272 e. The Kier molecular flexibility index (Phi) is 4.31. The van der Waals surface area contributed by atoms with E-state index in [0.29, 0.717) is 25.4 Å². The Morgan fingerprint density at radius 1 is 1.20 bits per heavy atom. The zero-order valence-electron chi connectivity index (χ0n) is 14.0. The Balaban J connectivity index is 1.33. The fourth-order valence-electron chi connectivity index (χ4n) is 3.64. The molecular weight excluding hydrogens is 318 g/mol. The molecule has 0 bridgehead atoms. The third-order valence-corrected chi connectivity index (χ3v) is 4.97. The normalized spacial score (nSPS) is 22.1. The summed E-state index contributed by atoms with van der Waals surface area (Å²) >= 11 is 0. The maximum atomic E-state index is 12.5. The van der Waals surface area contributed by atoms with Crippen LogP contribution in [0.3, 0.4) is 0 Å². The molecule has 7 heteroatoms. The number of aromatic nitrogens is 3. The highest BCUT2D eigenvalue weighted by Gasteiger charge is 2.43. The summed E-state index contributed by atoms with van der Waals surface area (Å²) in [6.45, 7) is 2.06. The van der Waals surface area contributed by atoms with Gasteiger partial charge in [0, 0.05) is 31.7 Å². The van der Waals surface area contributed by atoms with Gasteiger partial charge in [-0.1, -0.05) is 6.07 Å². The predicted octanol–water partition coefficient (Wildman–Crippen LogP) is 1.75. The van der Waals surface area contributed by atoms with Crippen molar-refractivity contribution in [3.8, 4) is 0 Å². The number of carbonyl (C=O) groups is 1. The second-order valence-corrected chi connectivity index (χ2v) is 6.64. The molecule has 0 unspecified atom stereocenters. The Bertz CT molecular complexity index is 717. The summed E-state index contributed by atoms with van der Waals surface area (Å²) in [5.74, 6) is 0.776. The van der Waals surface area contributed by atoms with Crippen molar-refractivity contribution in [1.82, 2.24) is 19.9 Å². The number of piperidine rings is 1. The summed E-state index contributed by atoms with van der Waals surface area (Å²) in [5.41, 5.74) is 0.369. The lowest BCUT2D eigenvalue weighted by molar-refractivity contribution is -0.0389. The molecular formula is C18H21N5O2. The van der Waals surface area contributed by atoms with Crippen LogP contribution in [0, 0.1) is 0 Å². The van der Waals surface area contributed by atoms with E-state index < -0.39 is 0 Å². The summed E-state index contributed by atoms with van der Waals surface area (Å²) < 4.78 is 6.14. The molecule has 2 fully saturated rings. The van der Waals surface area contributed by atoms with Gasteiger partial charge in [0.1, 0.15) is 11.5 Å². The average Bonchev–Trinajstić information content (AvgIpc) is 3.05. The van der Waals surface area contributed by atoms with Crippen molar-refractivity contribution < 1.29 is 9.53 Å². The van der Waals surface area contributed by atoms with Crippen LogP contribution in [0.4, 0.5) is 5.82 Å². The topological polar surface area (TPSA) is 80.2 Å². The van der Waals surface area contributed by atoms with Crippen molar-refractivity contribution in [3.63, 3.8) is 0 Å². The molecule has 1 N–H and O–H groups in total. The molecule has 4 rings (SSSR count). The summed E-state index contributed by atoms with van der Waals surface area (Å²) in [6.07, 6.45) is 9.34. The minimum Gasteiger partial charge on any atom is -0.373 e. The van der Waals surface area contributed by atoms with Gasteiger partial charge in [-0.15, -0.1) is 0 Å². The van der Waals surface area contributed by atoms with Crippen molar-refractivity contribution in [2.75, 3.05) is 25.0 Å². The first-order chi connectivity index (χ1) is 12.2. The van der Waals surface area contributed by atoms with Gasteiger partial charge in [-0.3, -0.25) is 14.8 Å². The number of carbonyl (C=O) groups excluding carboxylic acids is 1. The average molecular weight is 339 g/mol. The van der Waals surface area contributed by atoms with Crippen LogP contribution in [0.25, 0.3) is 0 Å². The summed E-state index contributed by atoms with van der Waals surface area (Å²) in [4.78, 5) is 26.9. The molecule has 25 heavy (non-hydrogen) atoms. The number of amides is 1. The molecule has 2 aliphatic heterocycles. The number of nitrogens with zero attached hydrogens (tertiary/aromatic N) is 4. The minimum atomic E-state index is -0.138. The van der Waals surface area contributed by atoms with Crippen molar-refractivity contribution >= 4 is 11.7 Å². The molecule has 2 aromatic heterocycles. The van der Waals surface area contributed by atoms with E-state index >= 15 is 0 Å². The molecule has 2 aliphatic rings. The maximum absolute atomic E-state index is 12.5. The molecule has 0 aliphatic carbocycles. The number of likely N-dealkylation sites (tertiary alicyclic amines) is 1. The molecule has 0 saturated carbocycles. The molecule has 1 spiro atoms. The van der Waals surface area contributed by atoms with Crippen LogP contribution < -0.4 is 5.32 Å². The SMILES string of the molecule is O=C(c1ccccn1)N1CCC2(CC1)C[C@@H](Nc1cnccn1)CO2. The molecule has 2 aromatic rings. The number of hydrogen-bond donors (Lipinski definition) is 1. The highest BCUT2D eigenvalue weighted by molar-refractivity contribution is 5.92. The zero-order chi connectivity index (χ0) is 17.1. The van der Waals surface area contributed by atoms with Gasteiger partial charge in [0.05, 0.1) is 24.4 Å². The van der Waals surface area contributed by atoms with E-state index in [2.05, 4.69) is 20.3 Å². The predicted molar refractivity (Wildman–Crippen MR) is 92.1 cm³/mol. The van der Waals surface area contributed by atoms with Crippen molar-refractivity contribution in [1.29, 1.82) is 0 Å². The first-order valence-corrected chi connectivity index (χ1v) is 8.61. The highest BCUT2D eigenvalue weighted by Crippen LogP contribution is 2.37. The highest BCUT2D eigenvalue weighted by atomic mass is 16.5. The Morgan fingerprint density at radius 3 is 2.80 bits per heavy atom. The lowest BCUT2D eigenvalue weighted by Crippen LogP contribution is -2.46. The summed E-state index contributed by atoms with van der Waals surface area (Å²) in [5, 5.41) is 3.38. The number of pyridine rings is 1. The van der Waals surface area contributed by atoms with E-state index in [1.54, 1.807) is 30.9 Å². The molecule has 1 atom stereocenters.